The van der Waals surface area contributed by atoms with Crippen molar-refractivity contribution in [2.45, 2.75) is 58.3 Å². The third kappa shape index (κ3) is 18.9. The Morgan fingerprint density at radius 2 is 1.38 bits per heavy atom. The van der Waals surface area contributed by atoms with Crippen molar-refractivity contribution in [3.8, 4) is 0 Å². The topological polar surface area (TPSA) is 35.0 Å². The van der Waals surface area contributed by atoms with Gasteiger partial charge in [-0.25, -0.2) is 0 Å². The maximum Gasteiger partial charge on any atom is -0.0353 e. The highest BCUT2D eigenvalue weighted by Gasteiger charge is 1.88. The van der Waals surface area contributed by atoms with Crippen LogP contribution in [0.25, 0.3) is 0 Å². The molecule has 2 heteroatoms. The van der Waals surface area contributed by atoms with Crippen LogP contribution in [0, 0.1) is 0 Å². The minimum absolute atomic E-state index is 0. The molecule has 13 heavy (non-hydrogen) atoms. The maximum atomic E-state index is 3.71. The van der Waals surface area contributed by atoms with Crippen molar-refractivity contribution in [2.75, 3.05) is 0 Å². The molecule has 0 bridgehead atoms. The van der Waals surface area contributed by atoms with Gasteiger partial charge in [-0.2, -0.15) is 0 Å². The first-order valence-electron chi connectivity index (χ1n) is 5.02. The van der Waals surface area contributed by atoms with Crippen LogP contribution >= 0.6 is 17.0 Å². The molecule has 0 aromatic carbocycles. The lowest BCUT2D eigenvalue weighted by Crippen LogP contribution is -1.78. The van der Waals surface area contributed by atoms with Crippen LogP contribution in [0.1, 0.15) is 58.3 Å². The van der Waals surface area contributed by atoms with Crippen LogP contribution in [0.5, 0.6) is 0 Å². The first kappa shape index (κ1) is 18.9. The normalized spacial score (nSPS) is 8.38. The molecular formula is C11H26BrN. The van der Waals surface area contributed by atoms with Crippen LogP contribution in [0.3, 0.4) is 0 Å². The van der Waals surface area contributed by atoms with E-state index < -0.39 is 0 Å². The number of hydrogen-bond acceptors (Lipinski definition) is 1. The van der Waals surface area contributed by atoms with Crippen LogP contribution in [0.15, 0.2) is 12.7 Å². The predicted octanol–water partition coefficient (Wildman–Crippen LogP) is 5.05. The Labute approximate surface area is 94.3 Å². The van der Waals surface area contributed by atoms with Gasteiger partial charge in [-0.3, -0.25) is 0 Å². The van der Waals surface area contributed by atoms with Gasteiger partial charge in [0.15, 0.2) is 0 Å². The lowest BCUT2D eigenvalue weighted by Gasteiger charge is -1.98. The molecule has 0 aliphatic rings. The molecule has 0 aliphatic heterocycles. The van der Waals surface area contributed by atoms with Gasteiger partial charge >= 0.3 is 0 Å². The molecule has 0 saturated heterocycles. The van der Waals surface area contributed by atoms with Gasteiger partial charge in [-0.1, -0.05) is 51.5 Å². The molecule has 82 valence electrons. The summed E-state index contributed by atoms with van der Waals surface area (Å²) >= 11 is 0. The molecule has 0 radical (unpaired) electrons. The zero-order valence-electron chi connectivity index (χ0n) is 9.06. The third-order valence-corrected chi connectivity index (χ3v) is 2.01. The Hall–Kier alpha value is 0.180. The van der Waals surface area contributed by atoms with Crippen LogP contribution in [0.2, 0.25) is 0 Å². The van der Waals surface area contributed by atoms with Gasteiger partial charge in [0.2, 0.25) is 0 Å². The minimum Gasteiger partial charge on any atom is -0.344 e. The molecule has 1 nitrogen and oxygen atoms in total. The molecule has 0 saturated carbocycles. The van der Waals surface area contributed by atoms with Gasteiger partial charge in [0.05, 0.1) is 0 Å². The SMILES string of the molecule is Br.C=CCCCCCCCCC.N. The summed E-state index contributed by atoms with van der Waals surface area (Å²) in [4.78, 5) is 0. The van der Waals surface area contributed by atoms with E-state index in [-0.39, 0.29) is 23.1 Å². The second kappa shape index (κ2) is 18.1. The first-order chi connectivity index (χ1) is 5.41. The molecule has 0 rings (SSSR count). The van der Waals surface area contributed by atoms with Gasteiger partial charge < -0.3 is 6.15 Å². The smallest absolute Gasteiger partial charge is 0.0353 e. The van der Waals surface area contributed by atoms with Gasteiger partial charge in [0.25, 0.3) is 0 Å². The Kier molecular flexibility index (Phi) is 26.2. The molecule has 0 aromatic heterocycles. The number of hydrogen-bond donors (Lipinski definition) is 1. The van der Waals surface area contributed by atoms with Crippen LogP contribution in [0.4, 0.5) is 0 Å². The summed E-state index contributed by atoms with van der Waals surface area (Å²) in [5.74, 6) is 0. The molecule has 3 N–H and O–H groups in total. The molecule has 0 aromatic rings. The Morgan fingerprint density at radius 1 is 0.923 bits per heavy atom. The minimum atomic E-state index is 0. The fraction of sp³-hybridized carbons (Fsp3) is 0.818. The maximum absolute atomic E-state index is 3.71. The summed E-state index contributed by atoms with van der Waals surface area (Å²) in [7, 11) is 0. The van der Waals surface area contributed by atoms with E-state index in [1.54, 1.807) is 0 Å². The molecule has 0 heterocycles. The van der Waals surface area contributed by atoms with Crippen LogP contribution in [-0.4, -0.2) is 0 Å². The fourth-order valence-electron chi connectivity index (χ4n) is 1.25. The summed E-state index contributed by atoms with van der Waals surface area (Å²) < 4.78 is 0. The summed E-state index contributed by atoms with van der Waals surface area (Å²) in [6.45, 7) is 5.97. The zero-order valence-corrected chi connectivity index (χ0v) is 10.8. The second-order valence-corrected chi connectivity index (χ2v) is 3.20. The molecule has 0 amide bonds. The van der Waals surface area contributed by atoms with E-state index in [0.717, 1.165) is 0 Å². The average Bonchev–Trinajstić information content (AvgIpc) is 2.03. The summed E-state index contributed by atoms with van der Waals surface area (Å²) in [5.41, 5.74) is 0. The summed E-state index contributed by atoms with van der Waals surface area (Å²) in [6, 6.07) is 0. The van der Waals surface area contributed by atoms with Crippen molar-refractivity contribution in [2.24, 2.45) is 0 Å². The van der Waals surface area contributed by atoms with Crippen molar-refractivity contribution < 1.29 is 0 Å². The zero-order chi connectivity index (χ0) is 8.36. The quantitative estimate of drug-likeness (QED) is 0.476. The van der Waals surface area contributed by atoms with Gasteiger partial charge in [-0.15, -0.1) is 23.6 Å². The lowest BCUT2D eigenvalue weighted by atomic mass is 10.1. The summed E-state index contributed by atoms with van der Waals surface area (Å²) in [5, 5.41) is 0. The lowest BCUT2D eigenvalue weighted by molar-refractivity contribution is 0.592. The number of allylic oxidation sites excluding steroid dienone is 1. The van der Waals surface area contributed by atoms with Crippen molar-refractivity contribution in [3.05, 3.63) is 12.7 Å². The molecule has 0 aliphatic carbocycles. The van der Waals surface area contributed by atoms with Crippen LogP contribution < -0.4 is 6.15 Å². The standard InChI is InChI=1S/C11H22.BrH.H3N/c1-3-5-7-9-11-10-8-6-4-2;;/h3H,1,4-11H2,2H3;1H;1H3. The van der Waals surface area contributed by atoms with E-state index >= 15 is 0 Å². The van der Waals surface area contributed by atoms with E-state index in [4.69, 9.17) is 0 Å². The number of rotatable bonds is 8. The van der Waals surface area contributed by atoms with Gasteiger partial charge in [0.1, 0.15) is 0 Å². The molecular weight excluding hydrogens is 226 g/mol. The average molecular weight is 252 g/mol. The highest BCUT2D eigenvalue weighted by atomic mass is 79.9. The fourth-order valence-corrected chi connectivity index (χ4v) is 1.25. The Morgan fingerprint density at radius 3 is 1.85 bits per heavy atom. The number of unbranched alkanes of at least 4 members (excludes halogenated alkanes) is 7. The van der Waals surface area contributed by atoms with Crippen LogP contribution in [-0.2, 0) is 0 Å². The third-order valence-electron chi connectivity index (χ3n) is 2.01. The van der Waals surface area contributed by atoms with E-state index in [1.165, 1.54) is 51.4 Å². The van der Waals surface area contributed by atoms with E-state index in [2.05, 4.69) is 13.5 Å². The van der Waals surface area contributed by atoms with Crippen molar-refractivity contribution >= 4 is 17.0 Å². The molecule has 0 fully saturated rings. The summed E-state index contributed by atoms with van der Waals surface area (Å²) in [6.07, 6.45) is 13.0. The predicted molar refractivity (Wildman–Crippen MR) is 68.2 cm³/mol. The van der Waals surface area contributed by atoms with E-state index in [1.807, 2.05) is 6.08 Å². The molecule has 0 spiro atoms. The number of halogens is 1. The van der Waals surface area contributed by atoms with Gasteiger partial charge in [-0.05, 0) is 12.8 Å². The highest BCUT2D eigenvalue weighted by Crippen LogP contribution is 2.07. The molecule has 0 unspecified atom stereocenters. The highest BCUT2D eigenvalue weighted by molar-refractivity contribution is 8.93. The Bertz CT molecular complexity index is 84.2. The van der Waals surface area contributed by atoms with Crippen molar-refractivity contribution in [1.82, 2.24) is 6.15 Å². The van der Waals surface area contributed by atoms with Crippen molar-refractivity contribution in [1.29, 1.82) is 0 Å². The van der Waals surface area contributed by atoms with E-state index in [9.17, 15) is 0 Å². The largest absolute Gasteiger partial charge is 0.344 e. The monoisotopic (exact) mass is 251 g/mol. The molecule has 0 atom stereocenters. The second-order valence-electron chi connectivity index (χ2n) is 3.20. The Balaban J connectivity index is -0.000000500. The van der Waals surface area contributed by atoms with Gasteiger partial charge in [0, 0.05) is 0 Å². The first-order valence-corrected chi connectivity index (χ1v) is 5.02. The van der Waals surface area contributed by atoms with Crippen molar-refractivity contribution in [3.63, 3.8) is 0 Å². The van der Waals surface area contributed by atoms with E-state index in [0.29, 0.717) is 0 Å².